The van der Waals surface area contributed by atoms with Gasteiger partial charge in [-0.2, -0.15) is 18.4 Å². The fraction of sp³-hybridized carbons (Fsp3) is 0.435. The number of alkyl halides is 3. The molecule has 2 amide bonds. The van der Waals surface area contributed by atoms with Gasteiger partial charge in [-0.15, -0.1) is 11.3 Å². The lowest BCUT2D eigenvalue weighted by atomic mass is 10.1. The van der Waals surface area contributed by atoms with Crippen LogP contribution in [0.3, 0.4) is 0 Å². The molecule has 3 heterocycles. The maximum absolute atomic E-state index is 12.8. The molecule has 1 saturated heterocycles. The molecule has 0 radical (unpaired) electrons. The number of amides is 2. The number of carbonyl (C=O) groups is 2. The number of nitrogens with zero attached hydrogens (tertiary/aromatic N) is 4. The number of likely N-dealkylation sites (tertiary alicyclic amines) is 1. The number of halogens is 3. The summed E-state index contributed by atoms with van der Waals surface area (Å²) in [5.74, 6) is -0.773. The molecule has 1 aliphatic rings. The van der Waals surface area contributed by atoms with Gasteiger partial charge in [0.25, 0.3) is 11.5 Å². The first-order valence-corrected chi connectivity index (χ1v) is 12.4. The molecule has 3 N–H and O–H groups in total. The van der Waals surface area contributed by atoms with Crippen LogP contribution in [0, 0.1) is 11.3 Å². The molecule has 1 aliphatic heterocycles. The normalized spacial score (nSPS) is 15.6. The van der Waals surface area contributed by atoms with Gasteiger partial charge in [-0.1, -0.05) is 12.5 Å². The standard InChI is InChI=1S/C23H26F3N7O3S/c1-2-33-21(36)16(37-22(33)15(11-27)20(35)29-14-23(24,25)26)12-28-17-7-6-8-18(30-17)31-19(34)13-32-9-4-3-5-10-32/h6-8,12H,2-5,9-10,13-14H2,1H3,(H,29,35)(H2,28,30,31,34). The van der Waals surface area contributed by atoms with E-state index in [0.717, 1.165) is 41.8 Å². The number of aromatic nitrogens is 2. The van der Waals surface area contributed by atoms with Gasteiger partial charge in [0, 0.05) is 12.7 Å². The molecule has 2 aromatic heterocycles. The fourth-order valence-corrected chi connectivity index (χ4v) is 4.77. The highest BCUT2D eigenvalue weighted by Gasteiger charge is 2.29. The molecule has 0 bridgehead atoms. The molecule has 0 aliphatic carbocycles. The Hall–Kier alpha value is -3.70. The summed E-state index contributed by atoms with van der Waals surface area (Å²) >= 11 is 0.786. The fourth-order valence-electron chi connectivity index (χ4n) is 3.68. The highest BCUT2D eigenvalue weighted by atomic mass is 32.1. The van der Waals surface area contributed by atoms with E-state index in [0.29, 0.717) is 11.6 Å². The number of thiazole rings is 1. The predicted octanol–water partition coefficient (Wildman–Crippen LogP) is 0.952. The summed E-state index contributed by atoms with van der Waals surface area (Å²) in [5.41, 5.74) is -1.12. The average molecular weight is 538 g/mol. The molecule has 14 heteroatoms. The van der Waals surface area contributed by atoms with E-state index in [-0.39, 0.29) is 28.2 Å². The minimum absolute atomic E-state index is 0.0607. The maximum atomic E-state index is 12.8. The van der Waals surface area contributed by atoms with E-state index in [4.69, 9.17) is 0 Å². The molecule has 198 valence electrons. The Balaban J connectivity index is 1.80. The number of hydrogen-bond acceptors (Lipinski definition) is 8. The molecule has 0 aromatic carbocycles. The van der Waals surface area contributed by atoms with E-state index >= 15 is 0 Å². The van der Waals surface area contributed by atoms with Crippen LogP contribution in [0.1, 0.15) is 26.2 Å². The molecular weight excluding hydrogens is 511 g/mol. The van der Waals surface area contributed by atoms with E-state index in [1.54, 1.807) is 36.5 Å². The van der Waals surface area contributed by atoms with Crippen LogP contribution in [0.15, 0.2) is 23.0 Å². The van der Waals surface area contributed by atoms with Crippen molar-refractivity contribution >= 4 is 46.6 Å². The number of anilines is 2. The van der Waals surface area contributed by atoms with Crippen LogP contribution < -0.4 is 30.7 Å². The van der Waals surface area contributed by atoms with Crippen molar-refractivity contribution in [3.05, 3.63) is 37.7 Å². The first kappa shape index (κ1) is 27.9. The SMILES string of the molecule is CCn1c(=C(C#N)C(=O)NCC(F)(F)F)sc(=CNc2cccc(NC(=O)CN3CCCCC3)n2)c1=O. The van der Waals surface area contributed by atoms with Crippen LogP contribution in [-0.4, -0.2) is 58.6 Å². The number of nitrogens with one attached hydrogen (secondary N) is 3. The van der Waals surface area contributed by atoms with Crippen LogP contribution in [0.5, 0.6) is 0 Å². The monoisotopic (exact) mass is 537 g/mol. The minimum atomic E-state index is -4.65. The Labute approximate surface area is 214 Å². The molecule has 3 rings (SSSR count). The molecule has 2 aromatic rings. The van der Waals surface area contributed by atoms with Crippen LogP contribution in [0.25, 0.3) is 11.8 Å². The lowest BCUT2D eigenvalue weighted by Gasteiger charge is -2.25. The third-order valence-electron chi connectivity index (χ3n) is 5.41. The quantitative estimate of drug-likeness (QED) is 0.457. The summed E-state index contributed by atoms with van der Waals surface area (Å²) in [7, 11) is 0. The molecular formula is C23H26F3N7O3S. The van der Waals surface area contributed by atoms with Crippen molar-refractivity contribution in [2.24, 2.45) is 0 Å². The summed E-state index contributed by atoms with van der Waals surface area (Å²) in [6, 6.07) is 6.50. The zero-order chi connectivity index (χ0) is 27.0. The second-order valence-electron chi connectivity index (χ2n) is 8.19. The van der Waals surface area contributed by atoms with E-state index in [1.165, 1.54) is 12.6 Å². The van der Waals surface area contributed by atoms with Gasteiger partial charge in [-0.3, -0.25) is 23.9 Å². The van der Waals surface area contributed by atoms with E-state index in [1.807, 2.05) is 0 Å². The minimum Gasteiger partial charge on any atom is -0.345 e. The van der Waals surface area contributed by atoms with Gasteiger partial charge in [0.1, 0.15) is 33.4 Å². The second kappa shape index (κ2) is 12.5. The van der Waals surface area contributed by atoms with Gasteiger partial charge >= 0.3 is 6.18 Å². The van der Waals surface area contributed by atoms with Crippen molar-refractivity contribution in [2.75, 3.05) is 36.8 Å². The topological polar surface area (TPSA) is 132 Å². The Bertz CT molecular complexity index is 1360. The van der Waals surface area contributed by atoms with Crippen molar-refractivity contribution in [3.8, 4) is 6.07 Å². The summed E-state index contributed by atoms with van der Waals surface area (Å²) in [6.07, 6.45) is -0.0198. The summed E-state index contributed by atoms with van der Waals surface area (Å²) in [4.78, 5) is 43.7. The van der Waals surface area contributed by atoms with Crippen molar-refractivity contribution in [2.45, 2.75) is 38.9 Å². The van der Waals surface area contributed by atoms with Crippen molar-refractivity contribution in [1.29, 1.82) is 5.26 Å². The summed E-state index contributed by atoms with van der Waals surface area (Å²) in [6.45, 7) is 2.13. The molecule has 1 fully saturated rings. The zero-order valence-corrected chi connectivity index (χ0v) is 20.8. The molecule has 0 spiro atoms. The van der Waals surface area contributed by atoms with Crippen LogP contribution in [0.2, 0.25) is 0 Å². The van der Waals surface area contributed by atoms with Crippen molar-refractivity contribution in [1.82, 2.24) is 19.8 Å². The zero-order valence-electron chi connectivity index (χ0n) is 20.0. The van der Waals surface area contributed by atoms with Crippen LogP contribution in [0.4, 0.5) is 24.8 Å². The van der Waals surface area contributed by atoms with Gasteiger partial charge in [0.05, 0.1) is 6.54 Å². The molecule has 0 saturated carbocycles. The van der Waals surface area contributed by atoms with Crippen molar-refractivity contribution in [3.63, 3.8) is 0 Å². The third-order valence-corrected chi connectivity index (χ3v) is 6.54. The first-order chi connectivity index (χ1) is 17.6. The summed E-state index contributed by atoms with van der Waals surface area (Å²) in [5, 5.41) is 16.7. The number of nitriles is 1. The second-order valence-corrected chi connectivity index (χ2v) is 9.22. The third kappa shape index (κ3) is 7.89. The molecule has 10 nitrogen and oxygen atoms in total. The number of hydrogen-bond donors (Lipinski definition) is 3. The van der Waals surface area contributed by atoms with Crippen LogP contribution >= 0.6 is 11.3 Å². The van der Waals surface area contributed by atoms with E-state index in [9.17, 15) is 32.8 Å². The smallest absolute Gasteiger partial charge is 0.345 e. The predicted molar refractivity (Wildman–Crippen MR) is 133 cm³/mol. The Morgan fingerprint density at radius 2 is 1.92 bits per heavy atom. The van der Waals surface area contributed by atoms with Gasteiger partial charge < -0.3 is 16.0 Å². The van der Waals surface area contributed by atoms with Gasteiger partial charge in [0.15, 0.2) is 5.57 Å². The largest absolute Gasteiger partial charge is 0.405 e. The van der Waals surface area contributed by atoms with Crippen molar-refractivity contribution < 1.29 is 22.8 Å². The van der Waals surface area contributed by atoms with Gasteiger partial charge in [-0.05, 0) is 45.0 Å². The number of piperidine rings is 1. The van der Waals surface area contributed by atoms with Crippen LogP contribution in [-0.2, 0) is 16.1 Å². The molecule has 0 unspecified atom stereocenters. The maximum Gasteiger partial charge on any atom is 0.405 e. The molecule has 37 heavy (non-hydrogen) atoms. The van der Waals surface area contributed by atoms with E-state index in [2.05, 4.69) is 20.5 Å². The Morgan fingerprint density at radius 1 is 1.22 bits per heavy atom. The van der Waals surface area contributed by atoms with E-state index < -0.39 is 29.8 Å². The number of carbonyl (C=O) groups excluding carboxylic acids is 2. The highest BCUT2D eigenvalue weighted by Crippen LogP contribution is 2.13. The molecule has 0 atom stereocenters. The Morgan fingerprint density at radius 3 is 2.57 bits per heavy atom. The number of pyridine rings is 1. The lowest BCUT2D eigenvalue weighted by molar-refractivity contribution is -0.135. The Kier molecular flexibility index (Phi) is 9.42. The van der Waals surface area contributed by atoms with Gasteiger partial charge in [0.2, 0.25) is 5.91 Å². The lowest BCUT2D eigenvalue weighted by Crippen LogP contribution is -2.37. The number of rotatable bonds is 8. The highest BCUT2D eigenvalue weighted by molar-refractivity contribution is 7.07. The summed E-state index contributed by atoms with van der Waals surface area (Å²) < 4.78 is 38.6. The average Bonchev–Trinajstić information content (AvgIpc) is 3.17. The van der Waals surface area contributed by atoms with Gasteiger partial charge in [-0.25, -0.2) is 4.98 Å². The first-order valence-electron chi connectivity index (χ1n) is 11.6.